The normalized spacial score (nSPS) is 11.3. The minimum atomic E-state index is -3.73. The Morgan fingerprint density at radius 1 is 1.00 bits per heavy atom. The van der Waals surface area contributed by atoms with Gasteiger partial charge in [0, 0.05) is 17.9 Å². The lowest BCUT2D eigenvalue weighted by Gasteiger charge is -2.10. The number of rotatable bonds is 6. The van der Waals surface area contributed by atoms with Gasteiger partial charge in [0.05, 0.1) is 0 Å². The smallest absolute Gasteiger partial charge is 0.267 e. The van der Waals surface area contributed by atoms with Gasteiger partial charge in [0.25, 0.3) is 10.0 Å². The van der Waals surface area contributed by atoms with Gasteiger partial charge in [-0.2, -0.15) is 0 Å². The first-order chi connectivity index (χ1) is 12.3. The minimum Gasteiger partial charge on any atom is -0.381 e. The number of nitrogens with one attached hydrogen (secondary N) is 2. The summed E-state index contributed by atoms with van der Waals surface area (Å²) in [5.74, 6) is 0.270. The summed E-state index contributed by atoms with van der Waals surface area (Å²) in [6.45, 7) is 5.94. The topological polar surface area (TPSA) is 84.2 Å². The molecule has 0 bridgehead atoms. The van der Waals surface area contributed by atoms with E-state index in [0.717, 1.165) is 5.69 Å². The maximum Gasteiger partial charge on any atom is 0.267 e. The van der Waals surface area contributed by atoms with Crippen LogP contribution in [0.2, 0.25) is 0 Å². The van der Waals surface area contributed by atoms with Crippen LogP contribution in [0.1, 0.15) is 22.6 Å². The maximum atomic E-state index is 12.5. The number of aryl methyl sites for hydroxylation is 3. The summed E-state index contributed by atoms with van der Waals surface area (Å²) in [5, 5.41) is 7.02. The average molecular weight is 371 g/mol. The second-order valence-corrected chi connectivity index (χ2v) is 7.80. The standard InChI is InChI=1S/C19H21N3O3S/c1-13-5-4-6-16(11-13)12-20-17-7-9-18(10-8-17)22-26(23,24)19-14(2)21-25-15(19)3/h4-11,20,22H,12H2,1-3H3. The van der Waals surface area contributed by atoms with E-state index in [-0.39, 0.29) is 10.7 Å². The summed E-state index contributed by atoms with van der Waals surface area (Å²) < 4.78 is 32.5. The zero-order valence-corrected chi connectivity index (χ0v) is 15.7. The summed E-state index contributed by atoms with van der Waals surface area (Å²) in [4.78, 5) is 0.0825. The monoisotopic (exact) mass is 371 g/mol. The fraction of sp³-hybridized carbons (Fsp3) is 0.211. The van der Waals surface area contributed by atoms with Crippen molar-refractivity contribution in [3.8, 4) is 0 Å². The molecule has 0 amide bonds. The molecule has 1 aromatic heterocycles. The van der Waals surface area contributed by atoms with Gasteiger partial charge in [0.2, 0.25) is 0 Å². The molecule has 0 spiro atoms. The third-order valence-corrected chi connectivity index (χ3v) is 5.58. The maximum absolute atomic E-state index is 12.5. The Morgan fingerprint density at radius 2 is 1.69 bits per heavy atom. The molecule has 7 heteroatoms. The van der Waals surface area contributed by atoms with Crippen LogP contribution in [0.25, 0.3) is 0 Å². The van der Waals surface area contributed by atoms with Crippen molar-refractivity contribution in [3.05, 3.63) is 71.1 Å². The highest BCUT2D eigenvalue weighted by molar-refractivity contribution is 7.92. The zero-order valence-electron chi connectivity index (χ0n) is 14.9. The first-order valence-corrected chi connectivity index (χ1v) is 9.68. The molecule has 0 saturated heterocycles. The molecule has 136 valence electrons. The largest absolute Gasteiger partial charge is 0.381 e. The highest BCUT2D eigenvalue weighted by Crippen LogP contribution is 2.23. The molecule has 2 N–H and O–H groups in total. The molecule has 0 unspecified atom stereocenters. The summed E-state index contributed by atoms with van der Waals surface area (Å²) >= 11 is 0. The first kappa shape index (κ1) is 18.0. The van der Waals surface area contributed by atoms with Crippen LogP contribution in [0.15, 0.2) is 57.9 Å². The molecule has 0 atom stereocenters. The van der Waals surface area contributed by atoms with Crippen LogP contribution >= 0.6 is 0 Å². The van der Waals surface area contributed by atoms with Crippen molar-refractivity contribution in [2.24, 2.45) is 0 Å². The molecule has 1 heterocycles. The first-order valence-electron chi connectivity index (χ1n) is 8.20. The van der Waals surface area contributed by atoms with Crippen LogP contribution in [0.4, 0.5) is 11.4 Å². The van der Waals surface area contributed by atoms with Gasteiger partial charge in [-0.3, -0.25) is 4.72 Å². The molecule has 0 saturated carbocycles. The Bertz CT molecular complexity index is 989. The van der Waals surface area contributed by atoms with Crippen molar-refractivity contribution in [2.45, 2.75) is 32.2 Å². The molecule has 0 aliphatic rings. The molecular formula is C19H21N3O3S. The van der Waals surface area contributed by atoms with Crippen molar-refractivity contribution in [3.63, 3.8) is 0 Å². The van der Waals surface area contributed by atoms with Crippen molar-refractivity contribution in [1.82, 2.24) is 5.16 Å². The Labute approximate surface area is 153 Å². The van der Waals surface area contributed by atoms with Gasteiger partial charge < -0.3 is 9.84 Å². The number of aromatic nitrogens is 1. The van der Waals surface area contributed by atoms with Crippen LogP contribution in [0.3, 0.4) is 0 Å². The van der Waals surface area contributed by atoms with Crippen LogP contribution in [-0.4, -0.2) is 13.6 Å². The molecule has 0 radical (unpaired) electrons. The number of benzene rings is 2. The van der Waals surface area contributed by atoms with Crippen LogP contribution in [0.5, 0.6) is 0 Å². The number of hydrogen-bond donors (Lipinski definition) is 2. The van der Waals surface area contributed by atoms with Crippen molar-refractivity contribution in [1.29, 1.82) is 0 Å². The van der Waals surface area contributed by atoms with E-state index < -0.39 is 10.0 Å². The average Bonchev–Trinajstić information content (AvgIpc) is 2.93. The number of sulfonamides is 1. The van der Waals surface area contributed by atoms with Gasteiger partial charge in [-0.15, -0.1) is 0 Å². The molecular weight excluding hydrogens is 350 g/mol. The zero-order chi connectivity index (χ0) is 18.7. The van der Waals surface area contributed by atoms with Crippen LogP contribution < -0.4 is 10.0 Å². The lowest BCUT2D eigenvalue weighted by molar-refractivity contribution is 0.390. The molecule has 0 aliphatic heterocycles. The van der Waals surface area contributed by atoms with Gasteiger partial charge in [0.15, 0.2) is 10.7 Å². The second kappa shape index (κ2) is 7.21. The van der Waals surface area contributed by atoms with Gasteiger partial charge in [0.1, 0.15) is 5.69 Å². The molecule has 2 aromatic carbocycles. The fourth-order valence-corrected chi connectivity index (χ4v) is 4.14. The molecule has 26 heavy (non-hydrogen) atoms. The van der Waals surface area contributed by atoms with Crippen molar-refractivity contribution >= 4 is 21.4 Å². The Morgan fingerprint density at radius 3 is 2.31 bits per heavy atom. The highest BCUT2D eigenvalue weighted by atomic mass is 32.2. The minimum absolute atomic E-state index is 0.0825. The van der Waals surface area contributed by atoms with Gasteiger partial charge in [-0.1, -0.05) is 35.0 Å². The third-order valence-electron chi connectivity index (χ3n) is 3.95. The van der Waals surface area contributed by atoms with Crippen LogP contribution in [0, 0.1) is 20.8 Å². The number of nitrogens with zero attached hydrogens (tertiary/aromatic N) is 1. The van der Waals surface area contributed by atoms with E-state index in [0.29, 0.717) is 17.9 Å². The predicted octanol–water partition coefficient (Wildman–Crippen LogP) is 4.01. The van der Waals surface area contributed by atoms with E-state index in [4.69, 9.17) is 4.52 Å². The summed E-state index contributed by atoms with van der Waals surface area (Å²) in [5.41, 5.74) is 4.13. The van der Waals surface area contributed by atoms with Gasteiger partial charge >= 0.3 is 0 Å². The molecule has 0 aliphatic carbocycles. The van der Waals surface area contributed by atoms with Crippen LogP contribution in [-0.2, 0) is 16.6 Å². The van der Waals surface area contributed by atoms with E-state index >= 15 is 0 Å². The Balaban J connectivity index is 1.68. The number of anilines is 2. The van der Waals surface area contributed by atoms with E-state index in [1.54, 1.807) is 26.0 Å². The molecule has 3 rings (SSSR count). The van der Waals surface area contributed by atoms with Gasteiger partial charge in [-0.05, 0) is 50.6 Å². The summed E-state index contributed by atoms with van der Waals surface area (Å²) in [7, 11) is -3.73. The van der Waals surface area contributed by atoms with E-state index in [1.165, 1.54) is 11.1 Å². The lowest BCUT2D eigenvalue weighted by atomic mass is 10.1. The molecule has 3 aromatic rings. The molecule has 0 fully saturated rings. The number of hydrogen-bond acceptors (Lipinski definition) is 5. The van der Waals surface area contributed by atoms with E-state index in [2.05, 4.69) is 40.3 Å². The van der Waals surface area contributed by atoms with E-state index in [1.807, 2.05) is 18.2 Å². The second-order valence-electron chi connectivity index (χ2n) is 6.18. The molecule has 6 nitrogen and oxygen atoms in total. The highest BCUT2D eigenvalue weighted by Gasteiger charge is 2.24. The lowest BCUT2D eigenvalue weighted by Crippen LogP contribution is -2.14. The predicted molar refractivity (Wildman–Crippen MR) is 102 cm³/mol. The quantitative estimate of drug-likeness (QED) is 0.684. The fourth-order valence-electron chi connectivity index (χ4n) is 2.75. The summed E-state index contributed by atoms with van der Waals surface area (Å²) in [6, 6.07) is 15.4. The Kier molecular flexibility index (Phi) is 4.99. The SMILES string of the molecule is Cc1cccc(CNc2ccc(NS(=O)(=O)c3c(C)noc3C)cc2)c1. The Hall–Kier alpha value is -2.80. The van der Waals surface area contributed by atoms with E-state index in [9.17, 15) is 8.42 Å². The van der Waals surface area contributed by atoms with Crippen molar-refractivity contribution < 1.29 is 12.9 Å². The third kappa shape index (κ3) is 4.05. The summed E-state index contributed by atoms with van der Waals surface area (Å²) in [6.07, 6.45) is 0. The van der Waals surface area contributed by atoms with Gasteiger partial charge in [-0.25, -0.2) is 8.42 Å². The van der Waals surface area contributed by atoms with Crippen molar-refractivity contribution in [2.75, 3.05) is 10.0 Å².